The Kier molecular flexibility index (Phi) is 6.76. The van der Waals surface area contributed by atoms with Crippen LogP contribution >= 0.6 is 0 Å². The first-order chi connectivity index (χ1) is 11.7. The van der Waals surface area contributed by atoms with E-state index < -0.39 is 0 Å². The SMILES string of the molecule is CCOc1cccc(OCCNC(=O)Nc2cccc(OC)c2)c1. The Bertz CT molecular complexity index is 661. The van der Waals surface area contributed by atoms with E-state index in [-0.39, 0.29) is 6.03 Å². The Morgan fingerprint density at radius 1 is 1.00 bits per heavy atom. The average molecular weight is 330 g/mol. The van der Waals surface area contributed by atoms with Crippen LogP contribution in [-0.4, -0.2) is 32.9 Å². The molecule has 0 radical (unpaired) electrons. The second kappa shape index (κ2) is 9.29. The van der Waals surface area contributed by atoms with Gasteiger partial charge in [-0.25, -0.2) is 4.79 Å². The van der Waals surface area contributed by atoms with Gasteiger partial charge in [0.15, 0.2) is 0 Å². The first-order valence-corrected chi connectivity index (χ1v) is 7.76. The van der Waals surface area contributed by atoms with Gasteiger partial charge in [0.05, 0.1) is 20.3 Å². The van der Waals surface area contributed by atoms with Crippen LogP contribution in [0, 0.1) is 0 Å². The molecule has 0 aliphatic rings. The number of urea groups is 1. The maximum atomic E-state index is 11.8. The van der Waals surface area contributed by atoms with Crippen LogP contribution in [0.1, 0.15) is 6.92 Å². The fraction of sp³-hybridized carbons (Fsp3) is 0.278. The first kappa shape index (κ1) is 17.5. The Hall–Kier alpha value is -2.89. The predicted molar refractivity (Wildman–Crippen MR) is 93.1 cm³/mol. The lowest BCUT2D eigenvalue weighted by Gasteiger charge is -2.10. The molecule has 0 saturated carbocycles. The number of methoxy groups -OCH3 is 1. The summed E-state index contributed by atoms with van der Waals surface area (Å²) in [6, 6.07) is 14.3. The Labute approximate surface area is 141 Å². The van der Waals surface area contributed by atoms with E-state index in [1.165, 1.54) is 0 Å². The second-order valence-electron chi connectivity index (χ2n) is 4.87. The highest BCUT2D eigenvalue weighted by Crippen LogP contribution is 2.19. The molecule has 0 saturated heterocycles. The van der Waals surface area contributed by atoms with Gasteiger partial charge in [-0.05, 0) is 31.2 Å². The highest BCUT2D eigenvalue weighted by molar-refractivity contribution is 5.89. The van der Waals surface area contributed by atoms with Gasteiger partial charge in [0.2, 0.25) is 0 Å². The van der Waals surface area contributed by atoms with E-state index in [4.69, 9.17) is 14.2 Å². The van der Waals surface area contributed by atoms with Gasteiger partial charge >= 0.3 is 6.03 Å². The first-order valence-electron chi connectivity index (χ1n) is 7.76. The molecule has 0 aliphatic carbocycles. The third-order valence-corrected chi connectivity index (χ3v) is 3.10. The van der Waals surface area contributed by atoms with E-state index >= 15 is 0 Å². The molecule has 0 aliphatic heterocycles. The maximum Gasteiger partial charge on any atom is 0.319 e. The van der Waals surface area contributed by atoms with Crippen LogP contribution in [-0.2, 0) is 0 Å². The van der Waals surface area contributed by atoms with Gasteiger partial charge in [-0.15, -0.1) is 0 Å². The van der Waals surface area contributed by atoms with Crippen molar-refractivity contribution in [2.24, 2.45) is 0 Å². The van der Waals surface area contributed by atoms with Crippen molar-refractivity contribution in [3.63, 3.8) is 0 Å². The van der Waals surface area contributed by atoms with E-state index in [1.807, 2.05) is 43.3 Å². The fourth-order valence-electron chi connectivity index (χ4n) is 2.03. The number of rotatable bonds is 8. The van der Waals surface area contributed by atoms with E-state index in [2.05, 4.69) is 10.6 Å². The van der Waals surface area contributed by atoms with Crippen LogP contribution in [0.5, 0.6) is 17.2 Å². The zero-order valence-corrected chi connectivity index (χ0v) is 13.9. The number of amides is 2. The lowest BCUT2D eigenvalue weighted by Crippen LogP contribution is -2.32. The molecule has 0 bridgehead atoms. The van der Waals surface area contributed by atoms with Gasteiger partial charge < -0.3 is 24.8 Å². The van der Waals surface area contributed by atoms with Gasteiger partial charge in [-0.2, -0.15) is 0 Å². The second-order valence-corrected chi connectivity index (χ2v) is 4.87. The minimum Gasteiger partial charge on any atom is -0.497 e. The third-order valence-electron chi connectivity index (χ3n) is 3.10. The fourth-order valence-corrected chi connectivity index (χ4v) is 2.03. The lowest BCUT2D eigenvalue weighted by atomic mass is 10.3. The van der Waals surface area contributed by atoms with Crippen molar-refractivity contribution in [2.45, 2.75) is 6.92 Å². The molecule has 2 N–H and O–H groups in total. The van der Waals surface area contributed by atoms with Gasteiger partial charge in [0.25, 0.3) is 0 Å². The van der Waals surface area contributed by atoms with Crippen LogP contribution in [0.15, 0.2) is 48.5 Å². The normalized spacial score (nSPS) is 9.92. The highest BCUT2D eigenvalue weighted by Gasteiger charge is 2.03. The number of hydrogen-bond donors (Lipinski definition) is 2. The molecule has 128 valence electrons. The molecule has 2 aromatic rings. The highest BCUT2D eigenvalue weighted by atomic mass is 16.5. The summed E-state index contributed by atoms with van der Waals surface area (Å²) in [5.41, 5.74) is 0.664. The van der Waals surface area contributed by atoms with Crippen LogP contribution in [0.3, 0.4) is 0 Å². The number of carbonyl (C=O) groups is 1. The van der Waals surface area contributed by atoms with E-state index in [9.17, 15) is 4.79 Å². The molecule has 0 atom stereocenters. The van der Waals surface area contributed by atoms with Crippen LogP contribution in [0.2, 0.25) is 0 Å². The molecular formula is C18H22N2O4. The molecule has 24 heavy (non-hydrogen) atoms. The number of anilines is 1. The molecular weight excluding hydrogens is 308 g/mol. The van der Waals surface area contributed by atoms with Crippen molar-refractivity contribution in [1.82, 2.24) is 5.32 Å². The largest absolute Gasteiger partial charge is 0.497 e. The molecule has 2 rings (SSSR count). The smallest absolute Gasteiger partial charge is 0.319 e. The Morgan fingerprint density at radius 3 is 2.46 bits per heavy atom. The third kappa shape index (κ3) is 5.72. The maximum absolute atomic E-state index is 11.8. The lowest BCUT2D eigenvalue weighted by molar-refractivity contribution is 0.247. The quantitative estimate of drug-likeness (QED) is 0.729. The van der Waals surface area contributed by atoms with Crippen molar-refractivity contribution in [2.75, 3.05) is 32.2 Å². The van der Waals surface area contributed by atoms with Crippen LogP contribution < -0.4 is 24.8 Å². The van der Waals surface area contributed by atoms with Gasteiger partial charge in [0.1, 0.15) is 23.9 Å². The number of carbonyl (C=O) groups excluding carboxylic acids is 1. The molecule has 2 amide bonds. The summed E-state index contributed by atoms with van der Waals surface area (Å²) in [5, 5.41) is 5.47. The summed E-state index contributed by atoms with van der Waals surface area (Å²) in [6.45, 7) is 3.28. The number of benzene rings is 2. The minimum atomic E-state index is -0.296. The molecule has 6 heteroatoms. The standard InChI is InChI=1S/C18H22N2O4/c1-3-23-16-8-5-9-17(13-16)24-11-10-19-18(21)20-14-6-4-7-15(12-14)22-2/h4-9,12-13H,3,10-11H2,1-2H3,(H2,19,20,21). The zero-order valence-electron chi connectivity index (χ0n) is 13.9. The summed E-state index contributed by atoms with van der Waals surface area (Å²) >= 11 is 0. The van der Waals surface area contributed by atoms with Gasteiger partial charge in [-0.3, -0.25) is 0 Å². The average Bonchev–Trinajstić information content (AvgIpc) is 2.59. The van der Waals surface area contributed by atoms with E-state index in [0.29, 0.717) is 36.9 Å². The summed E-state index contributed by atoms with van der Waals surface area (Å²) in [5.74, 6) is 2.15. The summed E-state index contributed by atoms with van der Waals surface area (Å²) in [7, 11) is 1.58. The molecule has 0 aromatic heterocycles. The Morgan fingerprint density at radius 2 is 1.71 bits per heavy atom. The number of nitrogens with one attached hydrogen (secondary N) is 2. The Balaban J connectivity index is 1.71. The zero-order chi connectivity index (χ0) is 17.2. The monoisotopic (exact) mass is 330 g/mol. The topological polar surface area (TPSA) is 68.8 Å². The summed E-state index contributed by atoms with van der Waals surface area (Å²) in [6.07, 6.45) is 0. The van der Waals surface area contributed by atoms with Gasteiger partial charge in [-0.1, -0.05) is 12.1 Å². The number of hydrogen-bond acceptors (Lipinski definition) is 4. The molecule has 0 fully saturated rings. The van der Waals surface area contributed by atoms with E-state index in [0.717, 1.165) is 5.75 Å². The van der Waals surface area contributed by atoms with Crippen molar-refractivity contribution in [1.29, 1.82) is 0 Å². The van der Waals surface area contributed by atoms with Crippen molar-refractivity contribution in [3.05, 3.63) is 48.5 Å². The van der Waals surface area contributed by atoms with Crippen LogP contribution in [0.4, 0.5) is 10.5 Å². The van der Waals surface area contributed by atoms with Crippen molar-refractivity contribution < 1.29 is 19.0 Å². The molecule has 0 unspecified atom stereocenters. The van der Waals surface area contributed by atoms with E-state index in [1.54, 1.807) is 19.2 Å². The molecule has 0 spiro atoms. The van der Waals surface area contributed by atoms with Crippen LogP contribution in [0.25, 0.3) is 0 Å². The van der Waals surface area contributed by atoms with Gasteiger partial charge in [0, 0.05) is 17.8 Å². The number of ether oxygens (including phenoxy) is 3. The minimum absolute atomic E-state index is 0.296. The molecule has 0 heterocycles. The predicted octanol–water partition coefficient (Wildman–Crippen LogP) is 3.29. The molecule has 2 aromatic carbocycles. The molecule has 6 nitrogen and oxygen atoms in total. The van der Waals surface area contributed by atoms with Crippen molar-refractivity contribution >= 4 is 11.7 Å². The summed E-state index contributed by atoms with van der Waals surface area (Å²) in [4.78, 5) is 11.8. The summed E-state index contributed by atoms with van der Waals surface area (Å²) < 4.78 is 16.1. The van der Waals surface area contributed by atoms with Crippen molar-refractivity contribution in [3.8, 4) is 17.2 Å².